The zero-order valence-electron chi connectivity index (χ0n) is 31.9. The van der Waals surface area contributed by atoms with Crippen molar-refractivity contribution in [1.29, 1.82) is 0 Å². The predicted octanol–water partition coefficient (Wildman–Crippen LogP) is 15.6. The summed E-state index contributed by atoms with van der Waals surface area (Å²) >= 11 is 0. The fourth-order valence-electron chi connectivity index (χ4n) is 8.30. The molecule has 0 saturated carbocycles. The third-order valence-electron chi connectivity index (χ3n) is 11.0. The normalized spacial score (nSPS) is 11.8. The van der Waals surface area contributed by atoms with Crippen LogP contribution in [0.3, 0.4) is 0 Å². The van der Waals surface area contributed by atoms with Gasteiger partial charge in [-0.05, 0) is 99.6 Å². The molecule has 0 spiro atoms. The number of fused-ring (bicyclic) bond motifs is 6. The van der Waals surface area contributed by atoms with Crippen LogP contribution < -0.4 is 4.90 Å². The molecule has 0 radical (unpaired) electrons. The minimum Gasteiger partial charge on any atom is -0.456 e. The zero-order chi connectivity index (χ0) is 38.6. The van der Waals surface area contributed by atoms with E-state index in [4.69, 9.17) is 10.2 Å². The zero-order valence-corrected chi connectivity index (χ0v) is 30.9. The van der Waals surface area contributed by atoms with Crippen molar-refractivity contribution in [3.05, 3.63) is 212 Å². The van der Waals surface area contributed by atoms with E-state index < -0.39 is 0 Å². The maximum Gasteiger partial charge on any atom is 0.135 e. The number of rotatable bonds is 7. The molecule has 9 aromatic carbocycles. The first-order valence-electron chi connectivity index (χ1n) is 19.7. The number of furan rings is 2. The van der Waals surface area contributed by atoms with Crippen molar-refractivity contribution in [3.63, 3.8) is 0 Å². The van der Waals surface area contributed by atoms with E-state index in [1.54, 1.807) is 6.07 Å². The lowest BCUT2D eigenvalue weighted by Crippen LogP contribution is -2.12. The van der Waals surface area contributed by atoms with Crippen LogP contribution in [0.1, 0.15) is 1.37 Å². The van der Waals surface area contributed by atoms with Gasteiger partial charge in [-0.15, -0.1) is 0 Å². The predicted molar refractivity (Wildman–Crippen MR) is 237 cm³/mol. The van der Waals surface area contributed by atoms with E-state index in [2.05, 4.69) is 181 Å². The Morgan fingerprint density at radius 3 is 1.67 bits per heavy atom. The average molecular weight is 731 g/mol. The van der Waals surface area contributed by atoms with Crippen LogP contribution >= 0.6 is 0 Å². The van der Waals surface area contributed by atoms with Gasteiger partial charge in [-0.2, -0.15) is 0 Å². The van der Waals surface area contributed by atoms with E-state index >= 15 is 0 Å². The summed E-state index contributed by atoms with van der Waals surface area (Å²) in [6.45, 7) is 0. The topological polar surface area (TPSA) is 29.5 Å². The van der Waals surface area contributed by atoms with Crippen LogP contribution in [0.25, 0.3) is 88.4 Å². The Kier molecular flexibility index (Phi) is 7.56. The molecule has 0 amide bonds. The van der Waals surface area contributed by atoms with E-state index in [0.717, 1.165) is 99.9 Å². The first-order valence-corrected chi connectivity index (χ1v) is 19.2. The first-order chi connectivity index (χ1) is 28.6. The lowest BCUT2D eigenvalue weighted by molar-refractivity contribution is 0.668. The minimum atomic E-state index is 0.448. The molecule has 11 aromatic rings. The highest BCUT2D eigenvalue weighted by molar-refractivity contribution is 6.09. The van der Waals surface area contributed by atoms with Gasteiger partial charge in [0.2, 0.25) is 0 Å². The number of anilines is 3. The van der Waals surface area contributed by atoms with Crippen molar-refractivity contribution in [3.8, 4) is 44.5 Å². The molecule has 3 nitrogen and oxygen atoms in total. The summed E-state index contributed by atoms with van der Waals surface area (Å²) < 4.78 is 21.0. The smallest absolute Gasteiger partial charge is 0.135 e. The number of para-hydroxylation sites is 2. The van der Waals surface area contributed by atoms with E-state index in [1.807, 2.05) is 24.3 Å². The molecular weight excluding hydrogens is 695 g/mol. The molecule has 0 aliphatic heterocycles. The summed E-state index contributed by atoms with van der Waals surface area (Å²) in [6, 6.07) is 72.6. The molecule has 268 valence electrons. The highest BCUT2D eigenvalue weighted by Gasteiger charge is 2.23. The van der Waals surface area contributed by atoms with Gasteiger partial charge >= 0.3 is 0 Å². The van der Waals surface area contributed by atoms with Crippen LogP contribution in [0.2, 0.25) is 0 Å². The van der Waals surface area contributed by atoms with Gasteiger partial charge in [-0.25, -0.2) is 0 Å². The second-order valence-electron chi connectivity index (χ2n) is 14.4. The molecule has 0 aliphatic rings. The summed E-state index contributed by atoms with van der Waals surface area (Å²) in [4.78, 5) is 2.37. The molecular formula is C54H35NO2. The van der Waals surface area contributed by atoms with Crippen LogP contribution in [-0.2, 0) is 0 Å². The molecule has 57 heavy (non-hydrogen) atoms. The van der Waals surface area contributed by atoms with Gasteiger partial charge in [0.1, 0.15) is 22.3 Å². The fraction of sp³-hybridized carbons (Fsp3) is 0. The highest BCUT2D eigenvalue weighted by atomic mass is 16.3. The maximum absolute atomic E-state index is 8.43. The van der Waals surface area contributed by atoms with Crippen molar-refractivity contribution >= 4 is 60.9 Å². The summed E-state index contributed by atoms with van der Waals surface area (Å²) in [5.74, 6) is 0. The Hall–Kier alpha value is -7.62. The second kappa shape index (κ2) is 13.6. The van der Waals surface area contributed by atoms with Gasteiger partial charge in [0.05, 0.1) is 7.06 Å². The number of nitrogens with zero attached hydrogens (tertiary/aromatic N) is 1. The summed E-state index contributed by atoms with van der Waals surface area (Å²) in [7, 11) is 0. The summed E-state index contributed by atoms with van der Waals surface area (Å²) in [5.41, 5.74) is 15.3. The van der Waals surface area contributed by atoms with Crippen LogP contribution in [0.15, 0.2) is 221 Å². The van der Waals surface area contributed by atoms with E-state index in [9.17, 15) is 0 Å². The minimum absolute atomic E-state index is 0.448. The van der Waals surface area contributed by atoms with Crippen LogP contribution in [-0.4, -0.2) is 0 Å². The molecule has 0 saturated heterocycles. The lowest BCUT2D eigenvalue weighted by atomic mass is 9.90. The van der Waals surface area contributed by atoms with Gasteiger partial charge in [0, 0.05) is 38.5 Å². The van der Waals surface area contributed by atoms with Gasteiger partial charge in [-0.3, -0.25) is 0 Å². The van der Waals surface area contributed by atoms with E-state index in [-0.39, 0.29) is 0 Å². The second-order valence-corrected chi connectivity index (χ2v) is 14.4. The summed E-state index contributed by atoms with van der Waals surface area (Å²) in [6.07, 6.45) is 0. The molecule has 2 aromatic heterocycles. The number of hydrogen-bond acceptors (Lipinski definition) is 3. The molecule has 0 unspecified atom stereocenters. The largest absolute Gasteiger partial charge is 0.456 e. The van der Waals surface area contributed by atoms with Gasteiger partial charge in [0.15, 0.2) is 0 Å². The maximum atomic E-state index is 8.43. The van der Waals surface area contributed by atoms with Crippen molar-refractivity contribution in [2.45, 2.75) is 0 Å². The number of benzene rings is 9. The fourth-order valence-corrected chi connectivity index (χ4v) is 8.30. The van der Waals surface area contributed by atoms with Crippen LogP contribution in [0.5, 0.6) is 0 Å². The molecule has 11 rings (SSSR count). The van der Waals surface area contributed by atoms with Gasteiger partial charge in [-0.1, -0.05) is 152 Å². The third-order valence-corrected chi connectivity index (χ3v) is 11.0. The first kappa shape index (κ1) is 31.7. The monoisotopic (exact) mass is 730 g/mol. The quantitative estimate of drug-likeness (QED) is 0.164. The Labute approximate surface area is 331 Å². The van der Waals surface area contributed by atoms with Crippen LogP contribution in [0.4, 0.5) is 17.1 Å². The van der Waals surface area contributed by atoms with Gasteiger partial charge in [0.25, 0.3) is 0 Å². The Morgan fingerprint density at radius 2 is 0.877 bits per heavy atom. The molecule has 0 atom stereocenters. The van der Waals surface area contributed by atoms with E-state index in [1.165, 1.54) is 5.56 Å². The molecule has 0 N–H and O–H groups in total. The van der Waals surface area contributed by atoms with Crippen LogP contribution in [0, 0.1) is 0 Å². The standard InChI is InChI=1S/C54H35NO2/c1-3-13-36(14-4-1)38-25-27-39(28-26-38)54-44(41-29-31-52-47(34-41)45-19-7-9-23-50(45)56-52)21-12-22-49(54)55(42-18-11-17-40(33-42)37-15-5-2-6-16-37)43-30-32-53-48(35-43)46-20-8-10-24-51(46)57-53/h1-35H/i8D. The molecule has 0 bridgehead atoms. The van der Waals surface area contributed by atoms with Crippen molar-refractivity contribution in [2.75, 3.05) is 4.90 Å². The highest BCUT2D eigenvalue weighted by Crippen LogP contribution is 2.48. The molecule has 2 heterocycles. The number of hydrogen-bond donors (Lipinski definition) is 0. The van der Waals surface area contributed by atoms with Crippen molar-refractivity contribution in [2.24, 2.45) is 0 Å². The van der Waals surface area contributed by atoms with Crippen molar-refractivity contribution < 1.29 is 10.2 Å². The average Bonchev–Trinajstić information content (AvgIpc) is 3.84. The molecule has 0 aliphatic carbocycles. The summed E-state index contributed by atoms with van der Waals surface area (Å²) in [5, 5.41) is 4.07. The Morgan fingerprint density at radius 1 is 0.333 bits per heavy atom. The van der Waals surface area contributed by atoms with Crippen molar-refractivity contribution in [1.82, 2.24) is 0 Å². The van der Waals surface area contributed by atoms with E-state index in [0.29, 0.717) is 6.04 Å². The molecule has 0 fully saturated rings. The molecule has 3 heteroatoms. The van der Waals surface area contributed by atoms with Gasteiger partial charge < -0.3 is 13.7 Å². The Balaban J connectivity index is 1.18. The Bertz CT molecular complexity index is 3290. The third kappa shape index (κ3) is 5.76. The SMILES string of the molecule is [2H]c1ccc2oc3ccc(N(c4cccc(-c5ccccc5)c4)c4cccc(-c5ccc6oc7ccccc7c6c5)c4-c4ccc(-c5ccccc5)cc4)cc3c2c1. The lowest BCUT2D eigenvalue weighted by Gasteiger charge is -2.30.